The van der Waals surface area contributed by atoms with E-state index < -0.39 is 0 Å². The molecule has 5 heterocycles. The zero-order valence-corrected chi connectivity index (χ0v) is 19.8. The van der Waals surface area contributed by atoms with Crippen LogP contribution in [0, 0.1) is 13.8 Å². The molecule has 1 saturated heterocycles. The number of hydrogen-bond acceptors (Lipinski definition) is 7. The lowest BCUT2D eigenvalue weighted by molar-refractivity contribution is 0.102. The van der Waals surface area contributed by atoms with Gasteiger partial charge in [0.05, 0.1) is 41.7 Å². The van der Waals surface area contributed by atoms with Gasteiger partial charge in [-0.25, -0.2) is 14.6 Å². The first-order valence-corrected chi connectivity index (χ1v) is 11.5. The summed E-state index contributed by atoms with van der Waals surface area (Å²) in [6.45, 7) is 10.6. The Labute approximate surface area is 197 Å². The fourth-order valence-corrected chi connectivity index (χ4v) is 4.32. The van der Waals surface area contributed by atoms with E-state index in [-0.39, 0.29) is 11.9 Å². The number of aryl methyl sites for hydroxylation is 2. The van der Waals surface area contributed by atoms with Crippen molar-refractivity contribution in [1.29, 1.82) is 0 Å². The van der Waals surface area contributed by atoms with Crippen molar-refractivity contribution in [3.63, 3.8) is 0 Å². The molecule has 4 aromatic rings. The van der Waals surface area contributed by atoms with Crippen LogP contribution in [0.3, 0.4) is 0 Å². The Morgan fingerprint density at radius 1 is 1.18 bits per heavy atom. The number of fused-ring (bicyclic) bond motifs is 1. The highest BCUT2D eigenvalue weighted by molar-refractivity contribution is 6.13. The molecule has 0 bridgehead atoms. The van der Waals surface area contributed by atoms with Crippen molar-refractivity contribution in [3.05, 3.63) is 53.7 Å². The quantitative estimate of drug-likeness (QED) is 0.472. The number of furan rings is 1. The number of nitrogens with zero attached hydrogens (tertiary/aromatic N) is 5. The summed E-state index contributed by atoms with van der Waals surface area (Å²) in [4.78, 5) is 25.2. The molecule has 1 amide bonds. The van der Waals surface area contributed by atoms with Crippen LogP contribution in [0.25, 0.3) is 22.3 Å². The summed E-state index contributed by atoms with van der Waals surface area (Å²) >= 11 is 0. The first kappa shape index (κ1) is 22.1. The molecular formula is C25H28N6O3. The molecule has 34 heavy (non-hydrogen) atoms. The molecule has 1 fully saturated rings. The van der Waals surface area contributed by atoms with Gasteiger partial charge < -0.3 is 19.4 Å². The van der Waals surface area contributed by atoms with E-state index in [9.17, 15) is 4.79 Å². The van der Waals surface area contributed by atoms with Crippen LogP contribution in [0.5, 0.6) is 0 Å². The van der Waals surface area contributed by atoms with Crippen LogP contribution in [0.15, 0.2) is 41.1 Å². The van der Waals surface area contributed by atoms with Crippen molar-refractivity contribution >= 4 is 28.4 Å². The Morgan fingerprint density at radius 2 is 1.97 bits per heavy atom. The molecular weight excluding hydrogens is 432 g/mol. The van der Waals surface area contributed by atoms with Crippen LogP contribution in [-0.4, -0.2) is 52.0 Å². The first-order chi connectivity index (χ1) is 16.4. The van der Waals surface area contributed by atoms with Gasteiger partial charge in [0.15, 0.2) is 11.5 Å². The van der Waals surface area contributed by atoms with Gasteiger partial charge in [-0.3, -0.25) is 4.79 Å². The van der Waals surface area contributed by atoms with Crippen molar-refractivity contribution in [2.24, 2.45) is 0 Å². The number of rotatable bonds is 5. The molecule has 0 radical (unpaired) electrons. The van der Waals surface area contributed by atoms with Crippen molar-refractivity contribution in [2.75, 3.05) is 36.5 Å². The van der Waals surface area contributed by atoms with E-state index in [1.54, 1.807) is 12.4 Å². The Bertz CT molecular complexity index is 1350. The van der Waals surface area contributed by atoms with Gasteiger partial charge in [0, 0.05) is 30.9 Å². The number of aromatic nitrogens is 4. The van der Waals surface area contributed by atoms with Crippen molar-refractivity contribution in [1.82, 2.24) is 19.7 Å². The monoisotopic (exact) mass is 460 g/mol. The highest BCUT2D eigenvalue weighted by Crippen LogP contribution is 2.31. The number of morpholine rings is 1. The largest absolute Gasteiger partial charge is 0.466 e. The number of ether oxygens (including phenoxy) is 1. The molecule has 0 aliphatic carbocycles. The minimum Gasteiger partial charge on any atom is -0.466 e. The van der Waals surface area contributed by atoms with E-state index in [0.717, 1.165) is 36.0 Å². The normalized spacial score (nSPS) is 14.2. The van der Waals surface area contributed by atoms with E-state index in [2.05, 4.69) is 20.3 Å². The summed E-state index contributed by atoms with van der Waals surface area (Å²) in [5.41, 5.74) is 3.36. The Balaban J connectivity index is 1.58. The van der Waals surface area contributed by atoms with Crippen molar-refractivity contribution < 1.29 is 13.9 Å². The topological polar surface area (TPSA) is 98.3 Å². The molecule has 5 rings (SSSR count). The fourth-order valence-electron chi connectivity index (χ4n) is 4.32. The predicted molar refractivity (Wildman–Crippen MR) is 130 cm³/mol. The van der Waals surface area contributed by atoms with Gasteiger partial charge in [-0.1, -0.05) is 0 Å². The first-order valence-electron chi connectivity index (χ1n) is 11.5. The second-order valence-electron chi connectivity index (χ2n) is 8.73. The zero-order valence-electron chi connectivity index (χ0n) is 19.8. The van der Waals surface area contributed by atoms with Gasteiger partial charge in [0.2, 0.25) is 0 Å². The number of nitrogens with one attached hydrogen (secondary N) is 1. The maximum Gasteiger partial charge on any atom is 0.256 e. The van der Waals surface area contributed by atoms with Crippen molar-refractivity contribution in [3.8, 4) is 11.3 Å². The lowest BCUT2D eigenvalue weighted by atomic mass is 10.1. The Morgan fingerprint density at radius 3 is 2.68 bits per heavy atom. The number of amides is 1. The number of pyridine rings is 2. The molecule has 4 aromatic heterocycles. The SMILES string of the molecule is Cc1cc(-c2cc(C(=O)Nc3cccnc3N3CCOCC3)c3cnn(C(C)C)c3n2)c(C)o1. The second kappa shape index (κ2) is 8.90. The third-order valence-electron chi connectivity index (χ3n) is 5.96. The number of carbonyl (C=O) groups excluding carboxylic acids is 1. The fraction of sp³-hybridized carbons (Fsp3) is 0.360. The summed E-state index contributed by atoms with van der Waals surface area (Å²) < 4.78 is 13.0. The molecule has 9 heteroatoms. The molecule has 1 aliphatic heterocycles. The summed E-state index contributed by atoms with van der Waals surface area (Å²) in [5.74, 6) is 2.05. The highest BCUT2D eigenvalue weighted by atomic mass is 16.5. The predicted octanol–water partition coefficient (Wildman–Crippen LogP) is 4.37. The van der Waals surface area contributed by atoms with Gasteiger partial charge in [-0.05, 0) is 52.0 Å². The lowest BCUT2D eigenvalue weighted by Gasteiger charge is -2.29. The van der Waals surface area contributed by atoms with Crippen LogP contribution in [0.1, 0.15) is 41.8 Å². The van der Waals surface area contributed by atoms with Crippen LogP contribution in [0.2, 0.25) is 0 Å². The Hall–Kier alpha value is -3.72. The average molecular weight is 461 g/mol. The third kappa shape index (κ3) is 4.03. The van der Waals surface area contributed by atoms with Gasteiger partial charge >= 0.3 is 0 Å². The molecule has 0 saturated carbocycles. The summed E-state index contributed by atoms with van der Waals surface area (Å²) in [6.07, 6.45) is 3.44. The molecule has 0 aromatic carbocycles. The zero-order chi connectivity index (χ0) is 23.8. The minimum atomic E-state index is -0.239. The molecule has 9 nitrogen and oxygen atoms in total. The lowest BCUT2D eigenvalue weighted by Crippen LogP contribution is -2.37. The maximum atomic E-state index is 13.6. The van der Waals surface area contributed by atoms with Gasteiger partial charge in [0.25, 0.3) is 5.91 Å². The van der Waals surface area contributed by atoms with E-state index in [1.807, 2.05) is 56.6 Å². The summed E-state index contributed by atoms with van der Waals surface area (Å²) in [6, 6.07) is 7.54. The van der Waals surface area contributed by atoms with E-state index in [4.69, 9.17) is 14.1 Å². The van der Waals surface area contributed by atoms with Gasteiger partial charge in [-0.15, -0.1) is 0 Å². The molecule has 0 atom stereocenters. The molecule has 176 valence electrons. The number of anilines is 2. The standard InChI is InChI=1S/C25H28N6O3/c1-15(2)31-23-20(14-27-31)19(13-22(28-23)18-12-16(3)34-17(18)4)25(32)29-21-6-5-7-26-24(21)30-8-10-33-11-9-30/h5-7,12-15H,8-11H2,1-4H3,(H,29,32). The maximum absolute atomic E-state index is 13.6. The number of carbonyl (C=O) groups is 1. The molecule has 0 unspecified atom stereocenters. The van der Waals surface area contributed by atoms with Crippen LogP contribution in [-0.2, 0) is 4.74 Å². The van der Waals surface area contributed by atoms with Crippen LogP contribution < -0.4 is 10.2 Å². The second-order valence-corrected chi connectivity index (χ2v) is 8.73. The van der Waals surface area contributed by atoms with Crippen LogP contribution in [0.4, 0.5) is 11.5 Å². The average Bonchev–Trinajstić information content (AvgIpc) is 3.41. The van der Waals surface area contributed by atoms with E-state index in [1.165, 1.54) is 0 Å². The van der Waals surface area contributed by atoms with E-state index >= 15 is 0 Å². The Kier molecular flexibility index (Phi) is 5.79. The summed E-state index contributed by atoms with van der Waals surface area (Å²) in [7, 11) is 0. The van der Waals surface area contributed by atoms with Gasteiger partial charge in [0.1, 0.15) is 11.5 Å². The highest BCUT2D eigenvalue weighted by Gasteiger charge is 2.22. The number of hydrogen-bond donors (Lipinski definition) is 1. The molecule has 1 aliphatic rings. The third-order valence-corrected chi connectivity index (χ3v) is 5.96. The van der Waals surface area contributed by atoms with Gasteiger partial charge in [-0.2, -0.15) is 5.10 Å². The van der Waals surface area contributed by atoms with Crippen LogP contribution >= 0.6 is 0 Å². The molecule has 0 spiro atoms. The summed E-state index contributed by atoms with van der Waals surface area (Å²) in [5, 5.41) is 8.29. The van der Waals surface area contributed by atoms with E-state index in [0.29, 0.717) is 41.2 Å². The smallest absolute Gasteiger partial charge is 0.256 e. The van der Waals surface area contributed by atoms with Crippen molar-refractivity contribution in [2.45, 2.75) is 33.7 Å². The minimum absolute atomic E-state index is 0.0922. The molecule has 1 N–H and O–H groups in total.